The van der Waals surface area contributed by atoms with Crippen LogP contribution in [0.25, 0.3) is 5.65 Å². The highest BCUT2D eigenvalue weighted by Gasteiger charge is 2.34. The Bertz CT molecular complexity index is 1270. The highest BCUT2D eigenvalue weighted by molar-refractivity contribution is 7.89. The molecule has 10 heteroatoms. The van der Waals surface area contributed by atoms with E-state index >= 15 is 0 Å². The standard InChI is InChI=1S/C17H19FN6O2S/c18-14-8-17-19-11-21-24(17)10-13(14)12-3-6-22(7-4-12)27(25,26)16-9-20-23-5-1-2-15(16)23/h8-12H,1-7H2/i6D2,7D2. The van der Waals surface area contributed by atoms with E-state index < -0.39 is 47.6 Å². The Morgan fingerprint density at radius 3 is 2.89 bits per heavy atom. The lowest BCUT2D eigenvalue weighted by Crippen LogP contribution is -2.38. The van der Waals surface area contributed by atoms with Crippen LogP contribution in [0.15, 0.2) is 29.7 Å². The summed E-state index contributed by atoms with van der Waals surface area (Å²) in [4.78, 5) is 3.72. The van der Waals surface area contributed by atoms with Crippen LogP contribution in [0.5, 0.6) is 0 Å². The maximum atomic E-state index is 14.7. The van der Waals surface area contributed by atoms with Crippen molar-refractivity contribution in [3.8, 4) is 0 Å². The summed E-state index contributed by atoms with van der Waals surface area (Å²) < 4.78 is 78.5. The number of halogens is 1. The molecule has 0 radical (unpaired) electrons. The third-order valence-electron chi connectivity index (χ3n) is 5.01. The molecule has 0 unspecified atom stereocenters. The molecule has 8 nitrogen and oxygen atoms in total. The number of aromatic nitrogens is 5. The van der Waals surface area contributed by atoms with Crippen LogP contribution in [0.2, 0.25) is 0 Å². The van der Waals surface area contributed by atoms with Crippen molar-refractivity contribution in [1.29, 1.82) is 0 Å². The Kier molecular flexibility index (Phi) is 2.92. The third-order valence-corrected chi connectivity index (χ3v) is 6.64. The van der Waals surface area contributed by atoms with Gasteiger partial charge in [-0.15, -0.1) is 0 Å². The normalized spacial score (nSPS) is 24.9. The van der Waals surface area contributed by atoms with Crippen molar-refractivity contribution in [3.63, 3.8) is 0 Å². The fourth-order valence-electron chi connectivity index (χ4n) is 3.61. The van der Waals surface area contributed by atoms with Crippen molar-refractivity contribution in [2.24, 2.45) is 0 Å². The van der Waals surface area contributed by atoms with Gasteiger partial charge in [-0.3, -0.25) is 4.68 Å². The fourth-order valence-corrected chi connectivity index (χ4v) is 4.98. The van der Waals surface area contributed by atoms with E-state index in [4.69, 9.17) is 5.48 Å². The van der Waals surface area contributed by atoms with Crippen LogP contribution in [-0.2, 0) is 23.0 Å². The number of piperidine rings is 1. The van der Waals surface area contributed by atoms with E-state index in [1.807, 2.05) is 0 Å². The summed E-state index contributed by atoms with van der Waals surface area (Å²) in [7, 11) is -4.52. The number of sulfonamides is 1. The molecular weight excluding hydrogens is 371 g/mol. The Hall–Kier alpha value is -2.33. The van der Waals surface area contributed by atoms with Gasteiger partial charge >= 0.3 is 0 Å². The molecule has 0 bridgehead atoms. The lowest BCUT2D eigenvalue weighted by Gasteiger charge is -2.31. The second-order valence-electron chi connectivity index (χ2n) is 6.61. The molecule has 3 aromatic heterocycles. The van der Waals surface area contributed by atoms with Crippen molar-refractivity contribution in [1.82, 2.24) is 28.7 Å². The fraction of sp³-hybridized carbons (Fsp3) is 0.471. The lowest BCUT2D eigenvalue weighted by molar-refractivity contribution is 0.315. The summed E-state index contributed by atoms with van der Waals surface area (Å²) >= 11 is 0. The summed E-state index contributed by atoms with van der Waals surface area (Å²) in [6, 6.07) is 1.15. The van der Waals surface area contributed by atoms with E-state index in [0.717, 1.165) is 18.7 Å². The average Bonchev–Trinajstić information content (AvgIpc) is 3.34. The van der Waals surface area contributed by atoms with Gasteiger partial charge < -0.3 is 0 Å². The second kappa shape index (κ2) is 6.10. The first-order chi connectivity index (χ1) is 14.5. The molecule has 142 valence electrons. The predicted molar refractivity (Wildman–Crippen MR) is 94.2 cm³/mol. The van der Waals surface area contributed by atoms with Gasteiger partial charge in [-0.1, -0.05) is 0 Å². The number of fused-ring (bicyclic) bond motifs is 2. The Morgan fingerprint density at radius 1 is 1.26 bits per heavy atom. The van der Waals surface area contributed by atoms with Gasteiger partial charge in [-0.2, -0.15) is 14.5 Å². The van der Waals surface area contributed by atoms with Crippen LogP contribution in [0, 0.1) is 5.82 Å². The zero-order chi connectivity index (χ0) is 22.2. The van der Waals surface area contributed by atoms with Crippen LogP contribution >= 0.6 is 0 Å². The number of pyridine rings is 1. The number of aryl methyl sites for hydroxylation is 1. The third kappa shape index (κ3) is 2.66. The largest absolute Gasteiger partial charge is 0.268 e. The van der Waals surface area contributed by atoms with Gasteiger partial charge in [0.25, 0.3) is 0 Å². The summed E-state index contributed by atoms with van der Waals surface area (Å²) in [5.41, 5.74) is 0.785. The number of hydrogen-bond acceptors (Lipinski definition) is 5. The van der Waals surface area contributed by atoms with Gasteiger partial charge in [0.2, 0.25) is 10.0 Å². The van der Waals surface area contributed by atoms with E-state index in [9.17, 15) is 12.8 Å². The molecule has 1 fully saturated rings. The molecule has 0 N–H and O–H groups in total. The first-order valence-electron chi connectivity index (χ1n) is 10.6. The van der Waals surface area contributed by atoms with Gasteiger partial charge in [0.15, 0.2) is 5.65 Å². The molecule has 5 rings (SSSR count). The number of rotatable bonds is 3. The van der Waals surface area contributed by atoms with Gasteiger partial charge in [0, 0.05) is 42.8 Å². The minimum atomic E-state index is -4.52. The SMILES string of the molecule is [2H]C1([2H])CC(c2cn3ncnc3cc2F)CC([2H])([2H])N1S(=O)(=O)c1cnn2c1CCC2. The van der Waals surface area contributed by atoms with E-state index in [1.54, 1.807) is 4.68 Å². The zero-order valence-electron chi connectivity index (χ0n) is 18.2. The second-order valence-corrected chi connectivity index (χ2v) is 8.37. The van der Waals surface area contributed by atoms with Crippen molar-refractivity contribution in [2.75, 3.05) is 13.0 Å². The minimum absolute atomic E-state index is 0.0641. The molecule has 0 spiro atoms. The highest BCUT2D eigenvalue weighted by Crippen LogP contribution is 2.33. The molecule has 0 aliphatic carbocycles. The first kappa shape index (κ1) is 12.9. The quantitative estimate of drug-likeness (QED) is 0.673. The van der Waals surface area contributed by atoms with E-state index in [-0.39, 0.29) is 16.1 Å². The molecule has 0 atom stereocenters. The van der Waals surface area contributed by atoms with Crippen molar-refractivity contribution in [2.45, 2.75) is 43.0 Å². The van der Waals surface area contributed by atoms with Gasteiger partial charge in [0.1, 0.15) is 17.0 Å². The molecule has 27 heavy (non-hydrogen) atoms. The molecule has 1 saturated heterocycles. The summed E-state index contributed by atoms with van der Waals surface area (Å²) in [5, 5.41) is 8.00. The molecule has 0 aromatic carbocycles. The molecule has 2 aliphatic rings. The zero-order valence-corrected chi connectivity index (χ0v) is 15.0. The van der Waals surface area contributed by atoms with Crippen LogP contribution < -0.4 is 0 Å². The highest BCUT2D eigenvalue weighted by atomic mass is 32.2. The van der Waals surface area contributed by atoms with Crippen LogP contribution in [0.1, 0.15) is 41.9 Å². The maximum absolute atomic E-state index is 14.7. The smallest absolute Gasteiger partial charge is 0.246 e. The van der Waals surface area contributed by atoms with Crippen molar-refractivity contribution in [3.05, 3.63) is 41.9 Å². The topological polar surface area (TPSA) is 85.4 Å². The Labute approximate surface area is 161 Å². The molecule has 0 saturated carbocycles. The molecular formula is C17H19FN6O2S. The summed E-state index contributed by atoms with van der Waals surface area (Å²) in [5.74, 6) is -1.56. The Morgan fingerprint density at radius 2 is 2.07 bits per heavy atom. The molecule has 3 aromatic rings. The Balaban J connectivity index is 1.55. The number of nitrogens with zero attached hydrogens (tertiary/aromatic N) is 6. The molecule has 5 heterocycles. The van der Waals surface area contributed by atoms with Gasteiger partial charge in [-0.25, -0.2) is 22.3 Å². The van der Waals surface area contributed by atoms with E-state index in [1.165, 1.54) is 17.0 Å². The lowest BCUT2D eigenvalue weighted by atomic mass is 9.91. The average molecular weight is 394 g/mol. The predicted octanol–water partition coefficient (Wildman–Crippen LogP) is 1.58. The minimum Gasteiger partial charge on any atom is -0.268 e. The monoisotopic (exact) mass is 394 g/mol. The van der Waals surface area contributed by atoms with Crippen LogP contribution in [0.3, 0.4) is 0 Å². The molecule has 0 amide bonds. The van der Waals surface area contributed by atoms with E-state index in [2.05, 4.69) is 15.2 Å². The number of hydrogen-bond donors (Lipinski definition) is 0. The van der Waals surface area contributed by atoms with Gasteiger partial charge in [-0.05, 0) is 31.6 Å². The maximum Gasteiger partial charge on any atom is 0.246 e. The van der Waals surface area contributed by atoms with E-state index in [0.29, 0.717) is 23.0 Å². The van der Waals surface area contributed by atoms with Crippen LogP contribution in [0.4, 0.5) is 4.39 Å². The van der Waals surface area contributed by atoms with Crippen molar-refractivity contribution < 1.29 is 18.3 Å². The van der Waals surface area contributed by atoms with Crippen molar-refractivity contribution >= 4 is 15.7 Å². The first-order valence-corrected chi connectivity index (χ1v) is 10.0. The van der Waals surface area contributed by atoms with Gasteiger partial charge in [0.05, 0.1) is 11.9 Å². The molecule has 2 aliphatic heterocycles. The summed E-state index contributed by atoms with van der Waals surface area (Å²) in [6.45, 7) is -4.62. The van der Waals surface area contributed by atoms with Crippen LogP contribution in [-0.4, -0.2) is 50.1 Å². The summed E-state index contributed by atoms with van der Waals surface area (Å²) in [6.07, 6.45) is 4.12.